The van der Waals surface area contributed by atoms with E-state index < -0.39 is 11.9 Å². The predicted octanol–water partition coefficient (Wildman–Crippen LogP) is 5.00. The van der Waals surface area contributed by atoms with Gasteiger partial charge in [-0.05, 0) is 67.5 Å². The normalized spacial score (nSPS) is 17.7. The molecule has 0 amide bonds. The maximum Gasteiger partial charge on any atom is 0.439 e. The van der Waals surface area contributed by atoms with Crippen LogP contribution in [0.4, 0.5) is 0 Å². The summed E-state index contributed by atoms with van der Waals surface area (Å²) in [6, 6.07) is 15.7. The zero-order valence-electron chi connectivity index (χ0n) is 25.4. The monoisotopic (exact) mass is 599 g/mol. The Hall–Kier alpha value is -4.28. The Morgan fingerprint density at radius 3 is 2.45 bits per heavy atom. The van der Waals surface area contributed by atoms with Crippen LogP contribution in [0.3, 0.4) is 0 Å². The molecule has 1 atom stereocenters. The Kier molecular flexibility index (Phi) is 10.2. The topological polar surface area (TPSA) is 149 Å². The molecule has 1 aliphatic carbocycles. The highest BCUT2D eigenvalue weighted by atomic mass is 16.5. The predicted molar refractivity (Wildman–Crippen MR) is 170 cm³/mol. The van der Waals surface area contributed by atoms with Crippen LogP contribution in [-0.2, 0) is 17.6 Å². The molecule has 2 heterocycles. The summed E-state index contributed by atoms with van der Waals surface area (Å²) < 4.78 is 12.5. The Balaban J connectivity index is 1.42. The molecular weight excluding hydrogens is 558 g/mol. The minimum Gasteiger partial charge on any atom is -0.404 e. The molecule has 0 bridgehead atoms. The van der Waals surface area contributed by atoms with Crippen LogP contribution in [0.15, 0.2) is 68.8 Å². The van der Waals surface area contributed by atoms with Crippen LogP contribution in [0.1, 0.15) is 81.1 Å². The summed E-state index contributed by atoms with van der Waals surface area (Å²) in [7, 11) is 0. The second-order valence-corrected chi connectivity index (χ2v) is 11.4. The molecule has 1 unspecified atom stereocenters. The highest BCUT2D eigenvalue weighted by Crippen LogP contribution is 2.32. The van der Waals surface area contributed by atoms with Crippen LogP contribution in [0.2, 0.25) is 0 Å². The maximum atomic E-state index is 14.2. The Morgan fingerprint density at radius 1 is 1.09 bits per heavy atom. The number of nitrogens with two attached hydrogens (primary N) is 1. The summed E-state index contributed by atoms with van der Waals surface area (Å²) in [5.41, 5.74) is 10.9. The number of ether oxygens (including phenoxy) is 1. The van der Waals surface area contributed by atoms with Gasteiger partial charge in [0.15, 0.2) is 5.82 Å². The number of H-pyrrole nitrogens is 1. The smallest absolute Gasteiger partial charge is 0.404 e. The van der Waals surface area contributed by atoms with Gasteiger partial charge in [0.25, 0.3) is 5.56 Å². The lowest BCUT2D eigenvalue weighted by atomic mass is 9.92. The molecule has 2 aromatic carbocycles. The molecule has 1 saturated carbocycles. The lowest BCUT2D eigenvalue weighted by molar-refractivity contribution is -0.0295. The van der Waals surface area contributed by atoms with Crippen molar-refractivity contribution in [2.45, 2.75) is 83.5 Å². The SMILES string of the molecule is CCCc1nc(C=CN)n(C2CCC(OCC(O)CC)CC2)c(=O)c1Cc1ccc(-c2ccccc2-c2noc(=O)[nH]2)cc1. The van der Waals surface area contributed by atoms with Crippen LogP contribution in [0.25, 0.3) is 28.6 Å². The first-order chi connectivity index (χ1) is 21.4. The number of aliphatic hydroxyl groups is 1. The van der Waals surface area contributed by atoms with E-state index in [4.69, 9.17) is 20.0 Å². The first-order valence-corrected chi connectivity index (χ1v) is 15.5. The summed E-state index contributed by atoms with van der Waals surface area (Å²) >= 11 is 0. The van der Waals surface area contributed by atoms with Crippen LogP contribution < -0.4 is 17.0 Å². The average Bonchev–Trinajstić information content (AvgIpc) is 3.48. The van der Waals surface area contributed by atoms with Crippen molar-refractivity contribution in [3.05, 3.63) is 98.3 Å². The summed E-state index contributed by atoms with van der Waals surface area (Å²) in [5.74, 6) is 0.359. The van der Waals surface area contributed by atoms with E-state index in [0.29, 0.717) is 43.1 Å². The van der Waals surface area contributed by atoms with E-state index in [1.807, 2.05) is 60.0 Å². The largest absolute Gasteiger partial charge is 0.439 e. The van der Waals surface area contributed by atoms with Gasteiger partial charge in [-0.1, -0.05) is 74.0 Å². The number of hydrogen-bond acceptors (Lipinski definition) is 8. The Morgan fingerprint density at radius 2 is 1.82 bits per heavy atom. The van der Waals surface area contributed by atoms with E-state index >= 15 is 0 Å². The fraction of sp³-hybridized carbons (Fsp3) is 0.412. The molecule has 10 nitrogen and oxygen atoms in total. The molecule has 4 N–H and O–H groups in total. The van der Waals surface area contributed by atoms with Crippen LogP contribution >= 0.6 is 0 Å². The van der Waals surface area contributed by atoms with Crippen molar-refractivity contribution in [2.24, 2.45) is 5.73 Å². The van der Waals surface area contributed by atoms with Gasteiger partial charge < -0.3 is 15.6 Å². The van der Waals surface area contributed by atoms with E-state index in [-0.39, 0.29) is 17.7 Å². The minimum absolute atomic E-state index is 0.00609. The van der Waals surface area contributed by atoms with Gasteiger partial charge >= 0.3 is 5.76 Å². The van der Waals surface area contributed by atoms with Crippen LogP contribution in [0.5, 0.6) is 0 Å². The van der Waals surface area contributed by atoms with E-state index in [9.17, 15) is 14.7 Å². The van der Waals surface area contributed by atoms with Crippen molar-refractivity contribution in [1.82, 2.24) is 19.7 Å². The van der Waals surface area contributed by atoms with Gasteiger partial charge in [0.2, 0.25) is 0 Å². The third kappa shape index (κ3) is 7.09. The second-order valence-electron chi connectivity index (χ2n) is 11.4. The number of aromatic amines is 1. The summed E-state index contributed by atoms with van der Waals surface area (Å²) in [4.78, 5) is 33.4. The number of nitrogens with zero attached hydrogens (tertiary/aromatic N) is 3. The Labute approximate surface area is 256 Å². The number of benzene rings is 2. The van der Waals surface area contributed by atoms with E-state index in [1.165, 1.54) is 6.20 Å². The van der Waals surface area contributed by atoms with Gasteiger partial charge in [-0.3, -0.25) is 18.9 Å². The molecule has 232 valence electrons. The summed E-state index contributed by atoms with van der Waals surface area (Å²) in [5, 5.41) is 13.7. The molecule has 4 aromatic rings. The highest BCUT2D eigenvalue weighted by molar-refractivity contribution is 5.80. The second kappa shape index (κ2) is 14.5. The molecule has 1 fully saturated rings. The van der Waals surface area contributed by atoms with Gasteiger partial charge in [-0.25, -0.2) is 9.78 Å². The first-order valence-electron chi connectivity index (χ1n) is 15.5. The maximum absolute atomic E-state index is 14.2. The standard InChI is InChI=1S/C34H41N5O5/c1-3-7-30-29(20-22-10-12-23(13-11-22)27-8-5-6-9-28(27)32-37-34(42)44-38-32)33(41)39(31(36-30)18-19-35)24-14-16-26(17-15-24)43-21-25(40)4-2/h5-6,8-13,18-19,24-26,40H,3-4,7,14-17,20-21,35H2,1-2H3,(H,37,38,42). The van der Waals surface area contributed by atoms with Gasteiger partial charge in [0, 0.05) is 23.6 Å². The summed E-state index contributed by atoms with van der Waals surface area (Å²) in [6.45, 7) is 4.36. The Bertz CT molecular complexity index is 1680. The van der Waals surface area contributed by atoms with Crippen molar-refractivity contribution >= 4 is 6.08 Å². The van der Waals surface area contributed by atoms with Crippen LogP contribution in [0, 0.1) is 0 Å². The molecule has 5 rings (SSSR count). The number of nitrogens with one attached hydrogen (secondary N) is 1. The van der Waals surface area contributed by atoms with Crippen molar-refractivity contribution in [1.29, 1.82) is 0 Å². The van der Waals surface area contributed by atoms with Gasteiger partial charge in [0.1, 0.15) is 5.82 Å². The molecule has 0 radical (unpaired) electrons. The zero-order chi connectivity index (χ0) is 31.1. The van der Waals surface area contributed by atoms with Gasteiger partial charge in [0.05, 0.1) is 24.5 Å². The number of aromatic nitrogens is 4. The number of hydrogen-bond donors (Lipinski definition) is 3. The lowest BCUT2D eigenvalue weighted by Crippen LogP contribution is -2.35. The lowest BCUT2D eigenvalue weighted by Gasteiger charge is -2.31. The molecule has 0 aliphatic heterocycles. The fourth-order valence-corrected chi connectivity index (χ4v) is 5.94. The van der Waals surface area contributed by atoms with Gasteiger partial charge in [-0.15, -0.1) is 0 Å². The van der Waals surface area contributed by atoms with Crippen molar-refractivity contribution in [3.63, 3.8) is 0 Å². The highest BCUT2D eigenvalue weighted by Gasteiger charge is 2.27. The third-order valence-corrected chi connectivity index (χ3v) is 8.33. The van der Waals surface area contributed by atoms with Crippen molar-refractivity contribution in [3.8, 4) is 22.5 Å². The van der Waals surface area contributed by atoms with E-state index in [1.54, 1.807) is 6.08 Å². The molecule has 44 heavy (non-hydrogen) atoms. The molecule has 0 saturated heterocycles. The van der Waals surface area contributed by atoms with Crippen LogP contribution in [-0.4, -0.2) is 43.6 Å². The quantitative estimate of drug-likeness (QED) is 0.206. The molecule has 2 aromatic heterocycles. The summed E-state index contributed by atoms with van der Waals surface area (Å²) in [6.07, 6.45) is 8.69. The van der Waals surface area contributed by atoms with E-state index in [2.05, 4.69) is 17.1 Å². The minimum atomic E-state index is -0.603. The average molecular weight is 600 g/mol. The fourth-order valence-electron chi connectivity index (χ4n) is 5.94. The van der Waals surface area contributed by atoms with E-state index in [0.717, 1.165) is 60.1 Å². The molecule has 10 heteroatoms. The first kappa shape index (κ1) is 31.2. The molecular formula is C34H41N5O5. The number of aryl methyl sites for hydroxylation is 1. The third-order valence-electron chi connectivity index (χ3n) is 8.33. The molecule has 0 spiro atoms. The van der Waals surface area contributed by atoms with Crippen molar-refractivity contribution in [2.75, 3.05) is 6.61 Å². The number of rotatable bonds is 12. The van der Waals surface area contributed by atoms with Gasteiger partial charge in [-0.2, -0.15) is 0 Å². The molecule has 1 aliphatic rings. The zero-order valence-corrected chi connectivity index (χ0v) is 25.4. The number of aliphatic hydroxyl groups excluding tert-OH is 1. The van der Waals surface area contributed by atoms with Crippen molar-refractivity contribution < 1.29 is 14.4 Å².